The highest BCUT2D eigenvalue weighted by molar-refractivity contribution is 9.10. The van der Waals surface area contributed by atoms with E-state index in [1.54, 1.807) is 19.2 Å². The summed E-state index contributed by atoms with van der Waals surface area (Å²) < 4.78 is 34.3. The number of nitrogens with zero attached hydrogens (tertiary/aromatic N) is 1. The van der Waals surface area contributed by atoms with Crippen LogP contribution in [-0.4, -0.2) is 31.5 Å². The first kappa shape index (κ1) is 19.5. The number of pyridine rings is 1. The molecule has 9 heteroatoms. The minimum Gasteiger partial charge on any atom is -0.465 e. The molecule has 0 spiro atoms. The third kappa shape index (κ3) is 3.60. The predicted octanol–water partition coefficient (Wildman–Crippen LogP) is 3.80. The van der Waals surface area contributed by atoms with Gasteiger partial charge in [-0.15, -0.1) is 0 Å². The van der Waals surface area contributed by atoms with E-state index in [0.29, 0.717) is 22.7 Å². The van der Waals surface area contributed by atoms with Crippen LogP contribution in [0.4, 0.5) is 0 Å². The minimum absolute atomic E-state index is 0.0300. The maximum absolute atomic E-state index is 12.9. The van der Waals surface area contributed by atoms with Gasteiger partial charge < -0.3 is 4.74 Å². The van der Waals surface area contributed by atoms with Gasteiger partial charge in [-0.2, -0.15) is 4.72 Å². The van der Waals surface area contributed by atoms with Gasteiger partial charge in [0.05, 0.1) is 11.5 Å². The molecule has 0 unspecified atom stereocenters. The molecular weight excluding hydrogens is 444 g/mol. The summed E-state index contributed by atoms with van der Waals surface area (Å²) >= 11 is 9.49. The second-order valence-corrected chi connectivity index (χ2v) is 9.11. The number of fused-ring (bicyclic) bond motifs is 1. The molecule has 0 saturated heterocycles. The second-order valence-electron chi connectivity index (χ2n) is 6.22. The summed E-state index contributed by atoms with van der Waals surface area (Å²) in [5.41, 5.74) is -1.21. The molecule has 140 valence electrons. The highest BCUT2D eigenvalue weighted by atomic mass is 79.9. The lowest BCUT2D eigenvalue weighted by Crippen LogP contribution is -2.53. The summed E-state index contributed by atoms with van der Waals surface area (Å²) in [5.74, 6) is -0.524. The van der Waals surface area contributed by atoms with E-state index < -0.39 is 21.5 Å². The topological polar surface area (TPSA) is 85.4 Å². The van der Waals surface area contributed by atoms with Crippen molar-refractivity contribution in [1.29, 1.82) is 0 Å². The van der Waals surface area contributed by atoms with Crippen molar-refractivity contribution in [3.8, 4) is 0 Å². The van der Waals surface area contributed by atoms with Crippen molar-refractivity contribution in [1.82, 2.24) is 9.71 Å². The van der Waals surface area contributed by atoms with Gasteiger partial charge in [-0.05, 0) is 47.8 Å². The number of benzene rings is 1. The molecule has 2 aromatic rings. The molecule has 6 nitrogen and oxygen atoms in total. The van der Waals surface area contributed by atoms with Gasteiger partial charge in [-0.3, -0.25) is 4.79 Å². The molecule has 1 heterocycles. The number of rotatable bonds is 5. The van der Waals surface area contributed by atoms with Gasteiger partial charge in [-0.25, -0.2) is 13.4 Å². The molecule has 1 aromatic heterocycles. The van der Waals surface area contributed by atoms with Gasteiger partial charge >= 0.3 is 5.97 Å². The van der Waals surface area contributed by atoms with Gasteiger partial charge in [0, 0.05) is 21.4 Å². The number of esters is 1. The third-order valence-electron chi connectivity index (χ3n) is 4.53. The van der Waals surface area contributed by atoms with Gasteiger partial charge in [0.2, 0.25) is 10.0 Å². The standard InChI is InChI=1S/C17H18BrClN2O4S/c1-2-25-16(22)17(7-3-4-8-17)21-26(23,24)11-5-6-12-13(9-11)15(19)20-10-14(12)18/h5-6,9-10,21H,2-4,7-8H2,1H3. The van der Waals surface area contributed by atoms with Crippen LogP contribution in [0.5, 0.6) is 0 Å². The Morgan fingerprint density at radius 1 is 1.35 bits per heavy atom. The molecule has 1 aliphatic rings. The average Bonchev–Trinajstić information content (AvgIpc) is 3.07. The maximum Gasteiger partial charge on any atom is 0.327 e. The Bertz CT molecular complexity index is 959. The van der Waals surface area contributed by atoms with E-state index in [0.717, 1.165) is 18.2 Å². The highest BCUT2D eigenvalue weighted by Gasteiger charge is 2.45. The number of halogens is 2. The van der Waals surface area contributed by atoms with Crippen LogP contribution >= 0.6 is 27.5 Å². The Morgan fingerprint density at radius 3 is 2.69 bits per heavy atom. The van der Waals surface area contributed by atoms with Crippen molar-refractivity contribution in [3.63, 3.8) is 0 Å². The molecule has 1 saturated carbocycles. The van der Waals surface area contributed by atoms with Gasteiger partial charge in [0.25, 0.3) is 0 Å². The molecule has 1 N–H and O–H groups in total. The Labute approximate surface area is 165 Å². The van der Waals surface area contributed by atoms with Crippen molar-refractivity contribution < 1.29 is 17.9 Å². The summed E-state index contributed by atoms with van der Waals surface area (Å²) in [5, 5.41) is 1.48. The van der Waals surface area contributed by atoms with E-state index in [-0.39, 0.29) is 16.7 Å². The van der Waals surface area contributed by atoms with E-state index >= 15 is 0 Å². The first-order chi connectivity index (χ1) is 12.3. The van der Waals surface area contributed by atoms with Crippen LogP contribution < -0.4 is 4.72 Å². The predicted molar refractivity (Wildman–Crippen MR) is 103 cm³/mol. The lowest BCUT2D eigenvalue weighted by Gasteiger charge is -2.27. The molecular formula is C17H18BrClN2O4S. The summed E-state index contributed by atoms with van der Waals surface area (Å²) in [4.78, 5) is 16.5. The molecule has 1 aromatic carbocycles. The summed E-state index contributed by atoms with van der Waals surface area (Å²) in [6, 6.07) is 4.61. The SMILES string of the molecule is CCOC(=O)C1(NS(=O)(=O)c2ccc3c(Br)cnc(Cl)c3c2)CCCC1. The van der Waals surface area contributed by atoms with Gasteiger partial charge in [-0.1, -0.05) is 30.5 Å². The number of carbonyl (C=O) groups is 1. The molecule has 1 fully saturated rings. The quantitative estimate of drug-likeness (QED) is 0.541. The zero-order chi connectivity index (χ0) is 18.9. The minimum atomic E-state index is -3.94. The maximum atomic E-state index is 12.9. The molecule has 1 aliphatic carbocycles. The number of hydrogen-bond acceptors (Lipinski definition) is 5. The van der Waals surface area contributed by atoms with Crippen LogP contribution in [0.2, 0.25) is 5.15 Å². The second kappa shape index (κ2) is 7.42. The number of nitrogens with one attached hydrogen (secondary N) is 1. The van der Waals surface area contributed by atoms with Crippen LogP contribution in [0.15, 0.2) is 33.8 Å². The largest absolute Gasteiger partial charge is 0.465 e. The molecule has 0 aliphatic heterocycles. The van der Waals surface area contributed by atoms with Crippen LogP contribution in [0, 0.1) is 0 Å². The third-order valence-corrected chi connectivity index (χ3v) is 6.99. The Morgan fingerprint density at radius 2 is 2.04 bits per heavy atom. The molecule has 0 atom stereocenters. The molecule has 0 bridgehead atoms. The van der Waals surface area contributed by atoms with E-state index in [2.05, 4.69) is 25.6 Å². The van der Waals surface area contributed by atoms with Crippen LogP contribution in [0.1, 0.15) is 32.6 Å². The lowest BCUT2D eigenvalue weighted by molar-refractivity contribution is -0.150. The number of aromatic nitrogens is 1. The fourth-order valence-corrected chi connectivity index (χ4v) is 5.33. The van der Waals surface area contributed by atoms with E-state index in [9.17, 15) is 13.2 Å². The number of sulfonamides is 1. The molecule has 0 radical (unpaired) electrons. The highest BCUT2D eigenvalue weighted by Crippen LogP contribution is 2.34. The van der Waals surface area contributed by atoms with Crippen molar-refractivity contribution in [3.05, 3.63) is 34.0 Å². The number of hydrogen-bond donors (Lipinski definition) is 1. The van der Waals surface area contributed by atoms with E-state index in [1.807, 2.05) is 0 Å². The van der Waals surface area contributed by atoms with Crippen LogP contribution in [-0.2, 0) is 19.6 Å². The van der Waals surface area contributed by atoms with E-state index in [1.165, 1.54) is 12.1 Å². The molecule has 0 amide bonds. The normalized spacial score (nSPS) is 16.7. The van der Waals surface area contributed by atoms with E-state index in [4.69, 9.17) is 16.3 Å². The zero-order valence-electron chi connectivity index (χ0n) is 14.1. The van der Waals surface area contributed by atoms with Gasteiger partial charge in [0.15, 0.2) is 0 Å². The zero-order valence-corrected chi connectivity index (χ0v) is 17.2. The van der Waals surface area contributed by atoms with Crippen molar-refractivity contribution in [2.75, 3.05) is 6.61 Å². The summed E-state index contributed by atoms with van der Waals surface area (Å²) in [6.45, 7) is 1.90. The Hall–Kier alpha value is -1.22. The lowest BCUT2D eigenvalue weighted by atomic mass is 10.00. The van der Waals surface area contributed by atoms with Crippen LogP contribution in [0.3, 0.4) is 0 Å². The monoisotopic (exact) mass is 460 g/mol. The van der Waals surface area contributed by atoms with Crippen LogP contribution in [0.25, 0.3) is 10.8 Å². The first-order valence-electron chi connectivity index (χ1n) is 8.24. The fourth-order valence-electron chi connectivity index (χ4n) is 3.23. The molecule has 3 rings (SSSR count). The average molecular weight is 462 g/mol. The molecule has 26 heavy (non-hydrogen) atoms. The Kier molecular flexibility index (Phi) is 5.58. The smallest absolute Gasteiger partial charge is 0.327 e. The number of ether oxygens (including phenoxy) is 1. The number of carbonyl (C=O) groups excluding carboxylic acids is 1. The first-order valence-corrected chi connectivity index (χ1v) is 10.9. The van der Waals surface area contributed by atoms with Crippen molar-refractivity contribution >= 4 is 54.3 Å². The van der Waals surface area contributed by atoms with Crippen molar-refractivity contribution in [2.45, 2.75) is 43.0 Å². The van der Waals surface area contributed by atoms with Crippen molar-refractivity contribution in [2.24, 2.45) is 0 Å². The Balaban J connectivity index is 2.01. The fraction of sp³-hybridized carbons (Fsp3) is 0.412. The van der Waals surface area contributed by atoms with Gasteiger partial charge in [0.1, 0.15) is 10.7 Å². The summed E-state index contributed by atoms with van der Waals surface area (Å²) in [6.07, 6.45) is 3.94. The summed E-state index contributed by atoms with van der Waals surface area (Å²) in [7, 11) is -3.94.